The maximum Gasteiger partial charge on any atom is 0.164 e. The minimum Gasteiger partial charge on any atom is -0.504 e. The van der Waals surface area contributed by atoms with E-state index in [1.54, 1.807) is 4.68 Å². The molecule has 18 heavy (non-hydrogen) atoms. The molecule has 1 heterocycles. The van der Waals surface area contributed by atoms with E-state index in [2.05, 4.69) is 18.9 Å². The Labute approximate surface area is 108 Å². The zero-order valence-electron chi connectivity index (χ0n) is 11.3. The summed E-state index contributed by atoms with van der Waals surface area (Å²) in [6, 6.07) is 8.15. The van der Waals surface area contributed by atoms with Gasteiger partial charge in [0.15, 0.2) is 5.75 Å². The van der Waals surface area contributed by atoms with Crippen molar-refractivity contribution in [3.63, 3.8) is 0 Å². The van der Waals surface area contributed by atoms with E-state index in [0.29, 0.717) is 5.75 Å². The highest BCUT2D eigenvalue weighted by Crippen LogP contribution is 2.32. The van der Waals surface area contributed by atoms with E-state index < -0.39 is 0 Å². The van der Waals surface area contributed by atoms with Crippen LogP contribution in [0, 0.1) is 6.92 Å². The van der Waals surface area contributed by atoms with Crippen LogP contribution in [0.1, 0.15) is 31.0 Å². The van der Waals surface area contributed by atoms with Crippen molar-refractivity contribution >= 4 is 0 Å². The number of nitrogens with zero attached hydrogens (tertiary/aromatic N) is 2. The largest absolute Gasteiger partial charge is 0.504 e. The molecule has 0 unspecified atom stereocenters. The normalized spacial score (nSPS) is 10.8. The Morgan fingerprint density at radius 1 is 1.22 bits per heavy atom. The molecule has 0 saturated carbocycles. The Hall–Kier alpha value is -1.77. The standard InChI is InChI=1S/C15H20N2O/c1-4-5-6-13-15(18)14(17(3)16-13)12-9-7-11(2)8-10-12/h7-10,18H,4-6H2,1-3H3. The smallest absolute Gasteiger partial charge is 0.164 e. The number of benzene rings is 1. The molecule has 2 aromatic rings. The summed E-state index contributed by atoms with van der Waals surface area (Å²) in [5, 5.41) is 14.7. The molecule has 0 spiro atoms. The van der Waals surface area contributed by atoms with Gasteiger partial charge >= 0.3 is 0 Å². The third-order valence-corrected chi connectivity index (χ3v) is 3.18. The number of unbranched alkanes of at least 4 members (excludes halogenated alkanes) is 1. The average Bonchev–Trinajstić information content (AvgIpc) is 2.63. The van der Waals surface area contributed by atoms with Crippen molar-refractivity contribution in [3.05, 3.63) is 35.5 Å². The molecular weight excluding hydrogens is 224 g/mol. The van der Waals surface area contributed by atoms with E-state index in [-0.39, 0.29) is 0 Å². The van der Waals surface area contributed by atoms with Crippen molar-refractivity contribution in [1.29, 1.82) is 0 Å². The van der Waals surface area contributed by atoms with Gasteiger partial charge in [0.2, 0.25) is 0 Å². The molecule has 3 heteroatoms. The van der Waals surface area contributed by atoms with Gasteiger partial charge in [0, 0.05) is 12.6 Å². The summed E-state index contributed by atoms with van der Waals surface area (Å²) in [6.07, 6.45) is 3.00. The lowest BCUT2D eigenvalue weighted by Gasteiger charge is -2.03. The molecule has 0 radical (unpaired) electrons. The van der Waals surface area contributed by atoms with Gasteiger partial charge in [-0.2, -0.15) is 5.10 Å². The zero-order chi connectivity index (χ0) is 13.1. The SMILES string of the molecule is CCCCc1nn(C)c(-c2ccc(C)cc2)c1O. The van der Waals surface area contributed by atoms with E-state index in [1.165, 1.54) is 5.56 Å². The first-order chi connectivity index (χ1) is 8.63. The third-order valence-electron chi connectivity index (χ3n) is 3.18. The van der Waals surface area contributed by atoms with Crippen LogP contribution in [0.3, 0.4) is 0 Å². The van der Waals surface area contributed by atoms with E-state index in [9.17, 15) is 5.11 Å². The van der Waals surface area contributed by atoms with E-state index >= 15 is 0 Å². The van der Waals surface area contributed by atoms with Gasteiger partial charge in [0.25, 0.3) is 0 Å². The summed E-state index contributed by atoms with van der Waals surface area (Å²) < 4.78 is 1.77. The summed E-state index contributed by atoms with van der Waals surface area (Å²) >= 11 is 0. The summed E-state index contributed by atoms with van der Waals surface area (Å²) in [7, 11) is 1.88. The van der Waals surface area contributed by atoms with Crippen LogP contribution in [-0.4, -0.2) is 14.9 Å². The molecule has 0 aliphatic rings. The summed E-state index contributed by atoms with van der Waals surface area (Å²) in [5.74, 6) is 0.329. The molecule has 0 bridgehead atoms. The van der Waals surface area contributed by atoms with Crippen LogP contribution in [-0.2, 0) is 13.5 Å². The van der Waals surface area contributed by atoms with Crippen LogP contribution in [0.4, 0.5) is 0 Å². The van der Waals surface area contributed by atoms with Gasteiger partial charge in [-0.25, -0.2) is 0 Å². The fraction of sp³-hybridized carbons (Fsp3) is 0.400. The molecule has 3 nitrogen and oxygen atoms in total. The Morgan fingerprint density at radius 3 is 2.50 bits per heavy atom. The summed E-state index contributed by atoms with van der Waals surface area (Å²) in [6.45, 7) is 4.19. The van der Waals surface area contributed by atoms with E-state index in [4.69, 9.17) is 0 Å². The minimum absolute atomic E-state index is 0.329. The van der Waals surface area contributed by atoms with Crippen LogP contribution in [0.25, 0.3) is 11.3 Å². The average molecular weight is 244 g/mol. The monoisotopic (exact) mass is 244 g/mol. The van der Waals surface area contributed by atoms with Crippen molar-refractivity contribution in [3.8, 4) is 17.0 Å². The third kappa shape index (κ3) is 2.40. The van der Waals surface area contributed by atoms with Gasteiger partial charge < -0.3 is 5.11 Å². The molecule has 0 aliphatic heterocycles. The van der Waals surface area contributed by atoms with Crippen LogP contribution >= 0.6 is 0 Å². The highest BCUT2D eigenvalue weighted by Gasteiger charge is 2.16. The lowest BCUT2D eigenvalue weighted by molar-refractivity contribution is 0.468. The number of rotatable bonds is 4. The molecule has 2 rings (SSSR count). The van der Waals surface area contributed by atoms with Gasteiger partial charge in [-0.1, -0.05) is 43.2 Å². The van der Waals surface area contributed by atoms with Crippen LogP contribution < -0.4 is 0 Å². The number of hydrogen-bond acceptors (Lipinski definition) is 2. The van der Waals surface area contributed by atoms with Gasteiger partial charge in [-0.15, -0.1) is 0 Å². The number of aromatic hydroxyl groups is 1. The summed E-state index contributed by atoms with van der Waals surface area (Å²) in [5.41, 5.74) is 3.83. The topological polar surface area (TPSA) is 38.0 Å². The van der Waals surface area contributed by atoms with Crippen LogP contribution in [0.15, 0.2) is 24.3 Å². The lowest BCUT2D eigenvalue weighted by Crippen LogP contribution is -1.94. The van der Waals surface area contributed by atoms with Crippen molar-refractivity contribution in [2.75, 3.05) is 0 Å². The predicted molar refractivity (Wildman–Crippen MR) is 73.7 cm³/mol. The van der Waals surface area contributed by atoms with E-state index in [1.807, 2.05) is 31.3 Å². The molecule has 96 valence electrons. The predicted octanol–water partition coefficient (Wildman–Crippen LogP) is 3.44. The zero-order valence-corrected chi connectivity index (χ0v) is 11.3. The molecule has 1 aromatic heterocycles. The molecule has 0 saturated heterocycles. The molecule has 0 amide bonds. The van der Waals surface area contributed by atoms with Crippen molar-refractivity contribution in [1.82, 2.24) is 9.78 Å². The molecule has 1 aromatic carbocycles. The van der Waals surface area contributed by atoms with Crippen LogP contribution in [0.2, 0.25) is 0 Å². The number of aromatic nitrogens is 2. The lowest BCUT2D eigenvalue weighted by atomic mass is 10.1. The molecule has 0 fully saturated rings. The second-order valence-electron chi connectivity index (χ2n) is 4.74. The Bertz CT molecular complexity index is 526. The first-order valence-electron chi connectivity index (χ1n) is 6.45. The number of hydrogen-bond donors (Lipinski definition) is 1. The quantitative estimate of drug-likeness (QED) is 0.894. The fourth-order valence-electron chi connectivity index (χ4n) is 2.12. The molecular formula is C15H20N2O. The molecule has 1 N–H and O–H groups in total. The Morgan fingerprint density at radius 2 is 1.89 bits per heavy atom. The van der Waals surface area contributed by atoms with Gasteiger partial charge in [0.05, 0.1) is 0 Å². The van der Waals surface area contributed by atoms with Crippen molar-refractivity contribution < 1.29 is 5.11 Å². The Balaban J connectivity index is 2.38. The van der Waals surface area contributed by atoms with Gasteiger partial charge in [-0.05, 0) is 19.8 Å². The fourth-order valence-corrected chi connectivity index (χ4v) is 2.12. The highest BCUT2D eigenvalue weighted by molar-refractivity contribution is 5.67. The summed E-state index contributed by atoms with van der Waals surface area (Å²) in [4.78, 5) is 0. The van der Waals surface area contributed by atoms with Crippen molar-refractivity contribution in [2.45, 2.75) is 33.1 Å². The highest BCUT2D eigenvalue weighted by atomic mass is 16.3. The molecule has 0 atom stereocenters. The maximum atomic E-state index is 10.3. The second-order valence-corrected chi connectivity index (χ2v) is 4.74. The van der Waals surface area contributed by atoms with Crippen LogP contribution in [0.5, 0.6) is 5.75 Å². The maximum absolute atomic E-state index is 10.3. The molecule has 0 aliphatic carbocycles. The van der Waals surface area contributed by atoms with Gasteiger partial charge in [-0.3, -0.25) is 4.68 Å². The second kappa shape index (κ2) is 5.25. The van der Waals surface area contributed by atoms with Gasteiger partial charge in [0.1, 0.15) is 11.4 Å². The van der Waals surface area contributed by atoms with E-state index in [0.717, 1.165) is 36.2 Å². The first kappa shape index (κ1) is 12.7. The minimum atomic E-state index is 0.329. The van der Waals surface area contributed by atoms with Crippen molar-refractivity contribution in [2.24, 2.45) is 7.05 Å². The number of aryl methyl sites for hydroxylation is 3. The first-order valence-corrected chi connectivity index (χ1v) is 6.45. The Kier molecular flexibility index (Phi) is 3.70.